The maximum atomic E-state index is 13.6. The Bertz CT molecular complexity index is 1020. The van der Waals surface area contributed by atoms with Gasteiger partial charge in [-0.2, -0.15) is 4.31 Å². The number of morpholine rings is 1. The zero-order valence-electron chi connectivity index (χ0n) is 16.2. The van der Waals surface area contributed by atoms with E-state index in [-0.39, 0.29) is 23.5 Å². The Morgan fingerprint density at radius 2 is 1.73 bits per heavy atom. The lowest BCUT2D eigenvalue weighted by Gasteiger charge is -2.26. The van der Waals surface area contributed by atoms with Gasteiger partial charge in [0.1, 0.15) is 5.82 Å². The van der Waals surface area contributed by atoms with E-state index < -0.39 is 33.8 Å². The molecule has 10 heteroatoms. The molecule has 30 heavy (non-hydrogen) atoms. The molecule has 160 valence electrons. The minimum Gasteiger partial charge on any atom is -0.449 e. The Morgan fingerprint density at radius 1 is 1.10 bits per heavy atom. The molecule has 1 aliphatic heterocycles. The topological polar surface area (TPSA) is 102 Å². The molecule has 1 saturated heterocycles. The van der Waals surface area contributed by atoms with E-state index in [4.69, 9.17) is 9.47 Å². The van der Waals surface area contributed by atoms with Gasteiger partial charge in [-0.3, -0.25) is 4.79 Å². The second kappa shape index (κ2) is 9.33. The van der Waals surface area contributed by atoms with Gasteiger partial charge in [0.25, 0.3) is 5.91 Å². The number of nitrogens with zero attached hydrogens (tertiary/aromatic N) is 1. The van der Waals surface area contributed by atoms with Crippen molar-refractivity contribution in [2.45, 2.75) is 17.9 Å². The number of rotatable bonds is 6. The standard InChI is InChI=1S/C20H21FN2O6S/c1-14(29-20(25)17-4-2-3-5-18(17)21)19(24)22-15-6-8-16(9-7-15)30(26,27)23-10-12-28-13-11-23/h2-9,14H,10-13H2,1H3,(H,22,24)/t14-/m0/s1. The summed E-state index contributed by atoms with van der Waals surface area (Å²) in [7, 11) is -3.64. The molecule has 0 aliphatic carbocycles. The molecule has 8 nitrogen and oxygen atoms in total. The number of anilines is 1. The van der Waals surface area contributed by atoms with E-state index in [0.29, 0.717) is 18.9 Å². The van der Waals surface area contributed by atoms with Crippen LogP contribution in [0.1, 0.15) is 17.3 Å². The summed E-state index contributed by atoms with van der Waals surface area (Å²) in [6.07, 6.45) is -1.19. The minimum absolute atomic E-state index is 0.0985. The molecule has 0 aromatic heterocycles. The summed E-state index contributed by atoms with van der Waals surface area (Å²) in [6.45, 7) is 2.61. The van der Waals surface area contributed by atoms with E-state index >= 15 is 0 Å². The van der Waals surface area contributed by atoms with Crippen LogP contribution in [0.15, 0.2) is 53.4 Å². The van der Waals surface area contributed by atoms with Gasteiger partial charge in [-0.25, -0.2) is 17.6 Å². The molecule has 1 atom stereocenters. The summed E-state index contributed by atoms with van der Waals surface area (Å²) in [5.41, 5.74) is 0.0598. The maximum absolute atomic E-state index is 13.6. The molecule has 0 bridgehead atoms. The van der Waals surface area contributed by atoms with Crippen LogP contribution >= 0.6 is 0 Å². The summed E-state index contributed by atoms with van der Waals surface area (Å²) in [4.78, 5) is 24.4. The van der Waals surface area contributed by atoms with Crippen LogP contribution in [0.5, 0.6) is 0 Å². The van der Waals surface area contributed by atoms with Crippen LogP contribution in [0.4, 0.5) is 10.1 Å². The predicted octanol–water partition coefficient (Wildman–Crippen LogP) is 2.03. The van der Waals surface area contributed by atoms with Gasteiger partial charge in [0.2, 0.25) is 10.0 Å². The van der Waals surface area contributed by atoms with Crippen LogP contribution in [0.3, 0.4) is 0 Å². The maximum Gasteiger partial charge on any atom is 0.341 e. The summed E-state index contributed by atoms with van der Waals surface area (Å²) < 4.78 is 50.4. The smallest absolute Gasteiger partial charge is 0.341 e. The number of ether oxygens (including phenoxy) is 2. The van der Waals surface area contributed by atoms with Crippen LogP contribution in [0.2, 0.25) is 0 Å². The van der Waals surface area contributed by atoms with Gasteiger partial charge >= 0.3 is 5.97 Å². The molecule has 1 aliphatic rings. The van der Waals surface area contributed by atoms with E-state index in [9.17, 15) is 22.4 Å². The Morgan fingerprint density at radius 3 is 2.37 bits per heavy atom. The number of hydrogen-bond donors (Lipinski definition) is 1. The molecular weight excluding hydrogens is 415 g/mol. The number of sulfonamides is 1. The fourth-order valence-corrected chi connectivity index (χ4v) is 4.20. The number of benzene rings is 2. The number of amides is 1. The molecule has 1 fully saturated rings. The average Bonchev–Trinajstić information content (AvgIpc) is 2.75. The first-order valence-corrected chi connectivity index (χ1v) is 10.7. The predicted molar refractivity (Wildman–Crippen MR) is 106 cm³/mol. The lowest BCUT2D eigenvalue weighted by molar-refractivity contribution is -0.123. The highest BCUT2D eigenvalue weighted by Gasteiger charge is 2.26. The molecule has 0 unspecified atom stereocenters. The van der Waals surface area contributed by atoms with Gasteiger partial charge in [0.15, 0.2) is 6.10 Å². The minimum atomic E-state index is -3.64. The monoisotopic (exact) mass is 436 g/mol. The molecule has 1 amide bonds. The number of hydrogen-bond acceptors (Lipinski definition) is 6. The Kier molecular flexibility index (Phi) is 6.80. The highest BCUT2D eigenvalue weighted by molar-refractivity contribution is 7.89. The number of esters is 1. The van der Waals surface area contributed by atoms with E-state index in [2.05, 4.69) is 5.32 Å². The number of carbonyl (C=O) groups is 2. The lowest BCUT2D eigenvalue weighted by atomic mass is 10.2. The largest absolute Gasteiger partial charge is 0.449 e. The Balaban J connectivity index is 1.61. The number of nitrogens with one attached hydrogen (secondary N) is 1. The van der Waals surface area contributed by atoms with Gasteiger partial charge in [-0.05, 0) is 43.3 Å². The fourth-order valence-electron chi connectivity index (χ4n) is 2.79. The summed E-state index contributed by atoms with van der Waals surface area (Å²) >= 11 is 0. The first-order chi connectivity index (χ1) is 14.3. The second-order valence-corrected chi connectivity index (χ2v) is 8.50. The van der Waals surface area contributed by atoms with Gasteiger partial charge < -0.3 is 14.8 Å². The zero-order chi connectivity index (χ0) is 21.7. The molecule has 1 N–H and O–H groups in total. The van der Waals surface area contributed by atoms with E-state index in [1.807, 2.05) is 0 Å². The Labute approximate surface area is 173 Å². The van der Waals surface area contributed by atoms with Crippen molar-refractivity contribution in [2.24, 2.45) is 0 Å². The van der Waals surface area contributed by atoms with Crippen molar-refractivity contribution < 1.29 is 31.9 Å². The van der Waals surface area contributed by atoms with Crippen molar-refractivity contribution in [2.75, 3.05) is 31.6 Å². The van der Waals surface area contributed by atoms with Crippen LogP contribution in [0.25, 0.3) is 0 Å². The van der Waals surface area contributed by atoms with Crippen molar-refractivity contribution >= 4 is 27.6 Å². The van der Waals surface area contributed by atoms with E-state index in [0.717, 1.165) is 6.07 Å². The molecule has 2 aromatic rings. The SMILES string of the molecule is C[C@H](OC(=O)c1ccccc1F)C(=O)Nc1ccc(S(=O)(=O)N2CCOCC2)cc1. The van der Waals surface area contributed by atoms with Crippen molar-refractivity contribution in [3.63, 3.8) is 0 Å². The van der Waals surface area contributed by atoms with E-state index in [1.165, 1.54) is 53.7 Å². The lowest BCUT2D eigenvalue weighted by Crippen LogP contribution is -2.40. The molecule has 0 radical (unpaired) electrons. The highest BCUT2D eigenvalue weighted by atomic mass is 32.2. The van der Waals surface area contributed by atoms with Gasteiger partial charge in [-0.1, -0.05) is 12.1 Å². The van der Waals surface area contributed by atoms with Crippen LogP contribution in [0, 0.1) is 5.82 Å². The van der Waals surface area contributed by atoms with Crippen LogP contribution in [-0.2, 0) is 24.3 Å². The van der Waals surface area contributed by atoms with Crippen molar-refractivity contribution in [3.05, 3.63) is 59.9 Å². The quantitative estimate of drug-likeness (QED) is 0.696. The first kappa shape index (κ1) is 21.9. The normalized spacial score (nSPS) is 15.9. The van der Waals surface area contributed by atoms with Crippen molar-refractivity contribution in [1.29, 1.82) is 0 Å². The third-order valence-corrected chi connectivity index (χ3v) is 6.39. The molecule has 2 aromatic carbocycles. The molecule has 0 spiro atoms. The van der Waals surface area contributed by atoms with Crippen LogP contribution in [-0.4, -0.2) is 57.0 Å². The third kappa shape index (κ3) is 5.02. The fraction of sp³-hybridized carbons (Fsp3) is 0.300. The van der Waals surface area contributed by atoms with Gasteiger partial charge in [0.05, 0.1) is 23.7 Å². The molecule has 0 saturated carbocycles. The van der Waals surface area contributed by atoms with Gasteiger partial charge in [0, 0.05) is 18.8 Å². The van der Waals surface area contributed by atoms with Crippen LogP contribution < -0.4 is 5.32 Å². The summed E-state index contributed by atoms with van der Waals surface area (Å²) in [5.74, 6) is -2.33. The molecule has 1 heterocycles. The average molecular weight is 436 g/mol. The van der Waals surface area contributed by atoms with E-state index in [1.54, 1.807) is 0 Å². The third-order valence-electron chi connectivity index (χ3n) is 4.48. The second-order valence-electron chi connectivity index (χ2n) is 6.56. The highest BCUT2D eigenvalue weighted by Crippen LogP contribution is 2.20. The molecule has 3 rings (SSSR count). The number of carbonyl (C=O) groups excluding carboxylic acids is 2. The van der Waals surface area contributed by atoms with Crippen molar-refractivity contribution in [3.8, 4) is 0 Å². The first-order valence-electron chi connectivity index (χ1n) is 9.23. The zero-order valence-corrected chi connectivity index (χ0v) is 17.0. The van der Waals surface area contributed by atoms with Crippen molar-refractivity contribution in [1.82, 2.24) is 4.31 Å². The Hall–Kier alpha value is -2.82. The molecular formula is C20H21FN2O6S. The number of halogens is 1. The summed E-state index contributed by atoms with van der Waals surface area (Å²) in [5, 5.41) is 2.53. The summed E-state index contributed by atoms with van der Waals surface area (Å²) in [6, 6.07) is 11.0. The van der Waals surface area contributed by atoms with Gasteiger partial charge in [-0.15, -0.1) is 0 Å².